The fourth-order valence-corrected chi connectivity index (χ4v) is 3.51. The van der Waals surface area contributed by atoms with E-state index in [1.807, 2.05) is 24.3 Å². The molecule has 0 aliphatic carbocycles. The lowest BCUT2D eigenvalue weighted by atomic mass is 10.1. The summed E-state index contributed by atoms with van der Waals surface area (Å²) >= 11 is 5.26. The lowest BCUT2D eigenvalue weighted by molar-refractivity contribution is -0.121. The van der Waals surface area contributed by atoms with Crippen molar-refractivity contribution < 1.29 is 14.0 Å². The lowest BCUT2D eigenvalue weighted by Crippen LogP contribution is -2.29. The quantitative estimate of drug-likeness (QED) is 0.646. The molecule has 3 aromatic rings. The van der Waals surface area contributed by atoms with Crippen LogP contribution in [0.3, 0.4) is 0 Å². The first kappa shape index (κ1) is 18.2. The zero-order valence-corrected chi connectivity index (χ0v) is 15.6. The van der Waals surface area contributed by atoms with Crippen LogP contribution in [0.5, 0.6) is 0 Å². The van der Waals surface area contributed by atoms with E-state index in [2.05, 4.69) is 15.6 Å². The summed E-state index contributed by atoms with van der Waals surface area (Å²) in [6, 6.07) is 12.9. The predicted octanol–water partition coefficient (Wildman–Crippen LogP) is 3.44. The largest absolute Gasteiger partial charge is 0.359 e. The van der Waals surface area contributed by atoms with Crippen molar-refractivity contribution in [2.24, 2.45) is 0 Å². The maximum atomic E-state index is 12.9. The lowest BCUT2D eigenvalue weighted by Gasteiger charge is -2.09. The third kappa shape index (κ3) is 3.50. The molecule has 2 heterocycles. The second kappa shape index (κ2) is 7.47. The number of fused-ring (bicyclic) bond motifs is 3. The average Bonchev–Trinajstić information content (AvgIpc) is 3.03. The van der Waals surface area contributed by atoms with Crippen molar-refractivity contribution in [1.29, 1.82) is 0 Å². The molecule has 28 heavy (non-hydrogen) atoms. The van der Waals surface area contributed by atoms with Gasteiger partial charge in [0.1, 0.15) is 17.7 Å². The number of nitrogens with one attached hydrogen (secondary N) is 2. The summed E-state index contributed by atoms with van der Waals surface area (Å²) < 4.78 is 14.5. The minimum absolute atomic E-state index is 0.178. The van der Waals surface area contributed by atoms with E-state index >= 15 is 0 Å². The molecule has 4 rings (SSSR count). The van der Waals surface area contributed by atoms with E-state index in [0.717, 1.165) is 16.5 Å². The molecular formula is C20H17FN4O2S. The maximum absolute atomic E-state index is 12.9. The van der Waals surface area contributed by atoms with E-state index in [4.69, 9.17) is 12.2 Å². The highest BCUT2D eigenvalue weighted by Gasteiger charge is 2.31. The predicted molar refractivity (Wildman–Crippen MR) is 106 cm³/mol. The Bertz CT molecular complexity index is 1130. The number of halogens is 1. The SMILES string of the molecule is O=C(CC[C@H]1Nc2c3ccccc3nc(=S)n2C1=O)NCc1ccc(F)cc1. The van der Waals surface area contributed by atoms with E-state index < -0.39 is 6.04 Å². The first-order valence-electron chi connectivity index (χ1n) is 8.86. The van der Waals surface area contributed by atoms with Crippen LogP contribution in [-0.4, -0.2) is 27.4 Å². The molecule has 1 aliphatic rings. The molecule has 0 bridgehead atoms. The average molecular weight is 396 g/mol. The number of rotatable bonds is 5. The second-order valence-electron chi connectivity index (χ2n) is 6.57. The van der Waals surface area contributed by atoms with Crippen molar-refractivity contribution in [3.8, 4) is 0 Å². The summed E-state index contributed by atoms with van der Waals surface area (Å²) in [7, 11) is 0. The van der Waals surface area contributed by atoms with E-state index in [1.54, 1.807) is 12.1 Å². The highest BCUT2D eigenvalue weighted by atomic mass is 32.1. The van der Waals surface area contributed by atoms with E-state index in [-0.39, 0.29) is 28.8 Å². The van der Waals surface area contributed by atoms with E-state index in [0.29, 0.717) is 18.8 Å². The summed E-state index contributed by atoms with van der Waals surface area (Å²) in [5.74, 6) is -0.0792. The Kier molecular flexibility index (Phi) is 4.87. The summed E-state index contributed by atoms with van der Waals surface area (Å²) in [6.45, 7) is 0.311. The molecule has 2 N–H and O–H groups in total. The maximum Gasteiger partial charge on any atom is 0.257 e. The molecule has 6 nitrogen and oxygen atoms in total. The van der Waals surface area contributed by atoms with Crippen molar-refractivity contribution >= 4 is 40.8 Å². The number of benzene rings is 2. The van der Waals surface area contributed by atoms with E-state index in [9.17, 15) is 14.0 Å². The van der Waals surface area contributed by atoms with Crippen molar-refractivity contribution in [3.63, 3.8) is 0 Å². The van der Waals surface area contributed by atoms with Crippen molar-refractivity contribution in [1.82, 2.24) is 14.9 Å². The van der Waals surface area contributed by atoms with Gasteiger partial charge in [-0.15, -0.1) is 0 Å². The van der Waals surface area contributed by atoms with Crippen molar-refractivity contribution in [3.05, 3.63) is 64.7 Å². The molecule has 0 saturated heterocycles. The Morgan fingerprint density at radius 2 is 1.96 bits per heavy atom. The van der Waals surface area contributed by atoms with Crippen LogP contribution in [-0.2, 0) is 11.3 Å². The van der Waals surface area contributed by atoms with Crippen LogP contribution in [0.15, 0.2) is 48.5 Å². The number of amides is 1. The third-order valence-electron chi connectivity index (χ3n) is 4.68. The van der Waals surface area contributed by atoms with Gasteiger partial charge in [0.15, 0.2) is 0 Å². The van der Waals surface area contributed by atoms with Crippen LogP contribution < -0.4 is 10.6 Å². The minimum Gasteiger partial charge on any atom is -0.359 e. The fourth-order valence-electron chi connectivity index (χ4n) is 3.23. The number of hydrogen-bond donors (Lipinski definition) is 2. The van der Waals surface area contributed by atoms with Crippen molar-refractivity contribution in [2.75, 3.05) is 5.32 Å². The summed E-state index contributed by atoms with van der Waals surface area (Å²) in [5, 5.41) is 6.78. The van der Waals surface area contributed by atoms with E-state index in [1.165, 1.54) is 16.7 Å². The number of hydrogen-bond acceptors (Lipinski definition) is 5. The highest BCUT2D eigenvalue weighted by Crippen LogP contribution is 2.29. The van der Waals surface area contributed by atoms with Gasteiger partial charge in [0, 0.05) is 18.4 Å². The first-order chi connectivity index (χ1) is 13.5. The smallest absolute Gasteiger partial charge is 0.257 e. The molecule has 0 unspecified atom stereocenters. The normalized spacial score (nSPS) is 15.3. The fraction of sp³-hybridized carbons (Fsp3) is 0.200. The molecule has 0 fully saturated rings. The Balaban J connectivity index is 1.40. The zero-order valence-electron chi connectivity index (χ0n) is 14.8. The molecule has 0 spiro atoms. The van der Waals surface area contributed by atoms with Crippen LogP contribution in [0, 0.1) is 10.6 Å². The van der Waals surface area contributed by atoms with Crippen LogP contribution in [0.1, 0.15) is 23.2 Å². The Morgan fingerprint density at radius 1 is 1.21 bits per heavy atom. The minimum atomic E-state index is -0.536. The molecule has 0 radical (unpaired) electrons. The summed E-state index contributed by atoms with van der Waals surface area (Å²) in [4.78, 5) is 29.2. The molecule has 142 valence electrons. The molecule has 1 aromatic heterocycles. The van der Waals surface area contributed by atoms with Crippen LogP contribution in [0.4, 0.5) is 10.2 Å². The van der Waals surface area contributed by atoms with Gasteiger partial charge in [-0.3, -0.25) is 9.59 Å². The van der Waals surface area contributed by atoms with Gasteiger partial charge in [-0.05, 0) is 48.5 Å². The Labute approximate surface area is 165 Å². The number of anilines is 1. The number of para-hydroxylation sites is 1. The monoisotopic (exact) mass is 396 g/mol. The van der Waals surface area contributed by atoms with Gasteiger partial charge in [-0.25, -0.2) is 13.9 Å². The molecule has 0 saturated carbocycles. The van der Waals surface area contributed by atoms with Gasteiger partial charge >= 0.3 is 0 Å². The van der Waals surface area contributed by atoms with Crippen LogP contribution >= 0.6 is 12.2 Å². The topological polar surface area (TPSA) is 76.0 Å². The molecule has 1 atom stereocenters. The molecule has 1 amide bonds. The molecule has 8 heteroatoms. The summed E-state index contributed by atoms with van der Waals surface area (Å²) in [5.41, 5.74) is 1.53. The molecule has 2 aromatic carbocycles. The van der Waals surface area contributed by atoms with Gasteiger partial charge in [0.05, 0.1) is 5.52 Å². The second-order valence-corrected chi connectivity index (χ2v) is 6.94. The number of nitrogens with zero attached hydrogens (tertiary/aromatic N) is 2. The van der Waals surface area contributed by atoms with Gasteiger partial charge in [0.2, 0.25) is 10.7 Å². The Hall–Kier alpha value is -3.13. The van der Waals surface area contributed by atoms with Gasteiger partial charge in [-0.1, -0.05) is 24.3 Å². The summed E-state index contributed by atoms with van der Waals surface area (Å²) in [6.07, 6.45) is 0.510. The number of carbonyl (C=O) groups is 2. The van der Waals surface area contributed by atoms with Gasteiger partial charge in [0.25, 0.3) is 5.91 Å². The van der Waals surface area contributed by atoms with Crippen LogP contribution in [0.2, 0.25) is 0 Å². The molecular weight excluding hydrogens is 379 g/mol. The zero-order chi connectivity index (χ0) is 19.7. The van der Waals surface area contributed by atoms with Gasteiger partial charge in [-0.2, -0.15) is 0 Å². The van der Waals surface area contributed by atoms with Gasteiger partial charge < -0.3 is 10.6 Å². The first-order valence-corrected chi connectivity index (χ1v) is 9.27. The Morgan fingerprint density at radius 3 is 2.75 bits per heavy atom. The highest BCUT2D eigenvalue weighted by molar-refractivity contribution is 7.71. The number of aromatic nitrogens is 2. The number of carbonyl (C=O) groups excluding carboxylic acids is 2. The molecule has 1 aliphatic heterocycles. The standard InChI is InChI=1S/C20H17FN4O2S/c21-13-7-5-12(6-8-13)11-22-17(26)10-9-16-19(27)25-18(23-16)14-3-1-2-4-15(14)24-20(25)28/h1-8,16,23H,9-11H2,(H,22,26)/t16-/m1/s1. The third-order valence-corrected chi connectivity index (χ3v) is 4.96. The van der Waals surface area contributed by atoms with Crippen molar-refractivity contribution in [2.45, 2.75) is 25.4 Å². The van der Waals surface area contributed by atoms with Crippen LogP contribution in [0.25, 0.3) is 10.9 Å².